The van der Waals surface area contributed by atoms with Gasteiger partial charge in [0.15, 0.2) is 6.29 Å². The van der Waals surface area contributed by atoms with E-state index >= 15 is 0 Å². The summed E-state index contributed by atoms with van der Waals surface area (Å²) in [4.78, 5) is 22.8. The molecule has 0 aromatic carbocycles. The molecular weight excluding hydrogens is 218 g/mol. The number of ether oxygens (including phenoxy) is 2. The van der Waals surface area contributed by atoms with Gasteiger partial charge >= 0.3 is 6.09 Å². The molecule has 5 nitrogen and oxygen atoms in total. The third kappa shape index (κ3) is 4.09. The van der Waals surface area contributed by atoms with Gasteiger partial charge in [-0.2, -0.15) is 0 Å². The Bertz CT molecular complexity index is 251. The normalized spacial score (nSPS) is 22.3. The van der Waals surface area contributed by atoms with Gasteiger partial charge in [0, 0.05) is 33.0 Å². The highest BCUT2D eigenvalue weighted by Crippen LogP contribution is 2.11. The molecule has 0 saturated carbocycles. The molecule has 1 aliphatic heterocycles. The molecule has 1 amide bonds. The lowest BCUT2D eigenvalue weighted by Gasteiger charge is -2.30. The summed E-state index contributed by atoms with van der Waals surface area (Å²) in [5.74, 6) is 0. The molecule has 1 rings (SSSR count). The Hall–Kier alpha value is -0.750. The third-order valence-electron chi connectivity index (χ3n) is 1.85. The Labute approximate surface area is 94.1 Å². The van der Waals surface area contributed by atoms with Crippen molar-refractivity contribution < 1.29 is 19.1 Å². The minimum atomic E-state index is -0.702. The first kappa shape index (κ1) is 12.3. The van der Waals surface area contributed by atoms with E-state index < -0.39 is 17.1 Å². The third-order valence-corrected chi connectivity index (χ3v) is 1.95. The van der Waals surface area contributed by atoms with Crippen LogP contribution in [0.1, 0.15) is 13.8 Å². The number of hydrogen-bond acceptors (Lipinski definition) is 4. The van der Waals surface area contributed by atoms with E-state index in [4.69, 9.17) is 9.47 Å². The van der Waals surface area contributed by atoms with Gasteiger partial charge in [0.05, 0.1) is 13.2 Å². The van der Waals surface area contributed by atoms with Crippen LogP contribution >= 0.6 is 0 Å². The van der Waals surface area contributed by atoms with Gasteiger partial charge in [0.2, 0.25) is 0 Å². The van der Waals surface area contributed by atoms with Crippen LogP contribution in [-0.2, 0) is 26.9 Å². The maximum absolute atomic E-state index is 11.6. The number of aldehydes is 1. The van der Waals surface area contributed by atoms with E-state index in [1.165, 1.54) is 4.90 Å². The summed E-state index contributed by atoms with van der Waals surface area (Å²) in [6.45, 7) is 4.51. The van der Waals surface area contributed by atoms with Crippen molar-refractivity contribution in [3.63, 3.8) is 0 Å². The summed E-state index contributed by atoms with van der Waals surface area (Å²) < 4.78 is 10.2. The second kappa shape index (κ2) is 4.85. The second-order valence-electron chi connectivity index (χ2n) is 3.87. The van der Waals surface area contributed by atoms with Crippen molar-refractivity contribution in [2.75, 3.05) is 19.7 Å². The van der Waals surface area contributed by atoms with Gasteiger partial charge in [-0.1, -0.05) is 0 Å². The fraction of sp³-hybridized carbons (Fsp3) is 0.778. The van der Waals surface area contributed by atoms with E-state index in [0.717, 1.165) is 0 Å². The molecule has 0 aromatic rings. The summed E-state index contributed by atoms with van der Waals surface area (Å²) in [5, 5.41) is 0. The van der Waals surface area contributed by atoms with Crippen molar-refractivity contribution in [1.29, 1.82) is 0 Å². The van der Waals surface area contributed by atoms with Crippen LogP contribution in [0.25, 0.3) is 0 Å². The van der Waals surface area contributed by atoms with Crippen molar-refractivity contribution in [2.45, 2.75) is 24.9 Å². The molecule has 86 valence electrons. The molecule has 1 fully saturated rings. The predicted octanol–water partition coefficient (Wildman–Crippen LogP) is -0.230. The molecule has 0 spiro atoms. The highest BCUT2D eigenvalue weighted by Gasteiger charge is 2.30. The summed E-state index contributed by atoms with van der Waals surface area (Å²) >= 11 is 3.26. The molecule has 1 heterocycles. The SMILES string of the molecule is CC(C)([SH2+])OC(=O)N1CCO[C@@H](C=O)C1. The number of morpholine rings is 1. The number of carbonyl (C=O) groups is 2. The molecule has 0 bridgehead atoms. The minimum Gasteiger partial charge on any atom is -0.398 e. The van der Waals surface area contributed by atoms with Crippen molar-refractivity contribution >= 4 is 25.0 Å². The van der Waals surface area contributed by atoms with E-state index in [-0.39, 0.29) is 6.54 Å². The molecular formula is C9H16NO4S+. The fourth-order valence-electron chi connectivity index (χ4n) is 1.21. The number of rotatable bonds is 2. The number of nitrogens with zero attached hydrogens (tertiary/aromatic N) is 1. The maximum Gasteiger partial charge on any atom is 0.414 e. The highest BCUT2D eigenvalue weighted by atomic mass is 32.1. The van der Waals surface area contributed by atoms with Crippen LogP contribution in [-0.4, -0.2) is 48.0 Å². The average molecular weight is 234 g/mol. The number of hydrogen-bond donors (Lipinski definition) is 0. The van der Waals surface area contributed by atoms with Gasteiger partial charge in [0.1, 0.15) is 6.10 Å². The zero-order chi connectivity index (χ0) is 11.5. The topological polar surface area (TPSA) is 55.8 Å². The number of carbonyl (C=O) groups excluding carboxylic acids is 2. The van der Waals surface area contributed by atoms with E-state index in [1.807, 2.05) is 0 Å². The fourth-order valence-corrected chi connectivity index (χ4v) is 1.29. The molecule has 1 saturated heterocycles. The Morgan fingerprint density at radius 3 is 2.87 bits per heavy atom. The van der Waals surface area contributed by atoms with Gasteiger partial charge in [-0.05, 0) is 0 Å². The van der Waals surface area contributed by atoms with Gasteiger partial charge in [-0.25, -0.2) is 4.79 Å². The van der Waals surface area contributed by atoms with Crippen molar-refractivity contribution in [2.24, 2.45) is 0 Å². The maximum atomic E-state index is 11.6. The Morgan fingerprint density at radius 1 is 1.67 bits per heavy atom. The first-order valence-electron chi connectivity index (χ1n) is 4.72. The van der Waals surface area contributed by atoms with E-state index in [9.17, 15) is 9.59 Å². The molecule has 0 aromatic heterocycles. The Morgan fingerprint density at radius 2 is 2.33 bits per heavy atom. The van der Waals surface area contributed by atoms with Gasteiger partial charge in [0.25, 0.3) is 4.93 Å². The Kier molecular flexibility index (Phi) is 3.98. The van der Waals surface area contributed by atoms with Crippen molar-refractivity contribution in [3.8, 4) is 0 Å². The van der Waals surface area contributed by atoms with Crippen LogP contribution in [0, 0.1) is 0 Å². The zero-order valence-electron chi connectivity index (χ0n) is 8.86. The lowest BCUT2D eigenvalue weighted by Crippen LogP contribution is -2.48. The lowest BCUT2D eigenvalue weighted by molar-refractivity contribution is -0.122. The van der Waals surface area contributed by atoms with E-state index in [1.54, 1.807) is 13.8 Å². The van der Waals surface area contributed by atoms with Crippen LogP contribution in [0.4, 0.5) is 4.79 Å². The summed E-state index contributed by atoms with van der Waals surface area (Å²) in [5.41, 5.74) is 0. The summed E-state index contributed by atoms with van der Waals surface area (Å²) in [6.07, 6.45) is -0.285. The molecule has 6 heteroatoms. The standard InChI is InChI=1S/C9H15NO4S/c1-9(2,15)14-8(12)10-3-4-13-7(5-10)6-11/h6-7,15H,3-5H2,1-2H3/p+1/t7-/m1/s1. The quantitative estimate of drug-likeness (QED) is 0.489. The minimum absolute atomic E-state index is 0.255. The molecule has 1 aliphatic rings. The molecule has 15 heavy (non-hydrogen) atoms. The average Bonchev–Trinajstić information content (AvgIpc) is 2.15. The molecule has 0 unspecified atom stereocenters. The zero-order valence-corrected chi connectivity index (χ0v) is 9.86. The highest BCUT2D eigenvalue weighted by molar-refractivity contribution is 7.60. The van der Waals surface area contributed by atoms with E-state index in [2.05, 4.69) is 12.6 Å². The first-order valence-corrected chi connectivity index (χ1v) is 5.22. The van der Waals surface area contributed by atoms with Crippen LogP contribution in [0.5, 0.6) is 0 Å². The molecule has 0 radical (unpaired) electrons. The first-order chi connectivity index (χ1) is 6.92. The van der Waals surface area contributed by atoms with Crippen molar-refractivity contribution in [1.82, 2.24) is 4.90 Å². The monoisotopic (exact) mass is 234 g/mol. The van der Waals surface area contributed by atoms with E-state index in [0.29, 0.717) is 19.4 Å². The predicted molar refractivity (Wildman–Crippen MR) is 58.1 cm³/mol. The van der Waals surface area contributed by atoms with Crippen molar-refractivity contribution in [3.05, 3.63) is 0 Å². The van der Waals surface area contributed by atoms with Crippen LogP contribution in [0.2, 0.25) is 0 Å². The Balaban J connectivity index is 2.49. The lowest BCUT2D eigenvalue weighted by atomic mass is 10.3. The molecule has 1 atom stereocenters. The molecule has 0 aliphatic carbocycles. The molecule has 0 N–H and O–H groups in total. The largest absolute Gasteiger partial charge is 0.414 e. The van der Waals surface area contributed by atoms with Crippen LogP contribution < -0.4 is 0 Å². The smallest absolute Gasteiger partial charge is 0.398 e. The summed E-state index contributed by atoms with van der Waals surface area (Å²) in [7, 11) is 0. The van der Waals surface area contributed by atoms with Crippen LogP contribution in [0.3, 0.4) is 0 Å². The second-order valence-corrected chi connectivity index (χ2v) is 5.07. The van der Waals surface area contributed by atoms with Gasteiger partial charge in [-0.15, -0.1) is 0 Å². The van der Waals surface area contributed by atoms with Gasteiger partial charge in [-0.3, -0.25) is 0 Å². The van der Waals surface area contributed by atoms with Gasteiger partial charge < -0.3 is 19.2 Å². The van der Waals surface area contributed by atoms with Crippen LogP contribution in [0.15, 0.2) is 0 Å². The number of amides is 1. The summed E-state index contributed by atoms with van der Waals surface area (Å²) in [6, 6.07) is 0.